The number of carbonyl (C=O) groups excluding carboxylic acids is 1. The van der Waals surface area contributed by atoms with Gasteiger partial charge in [-0.1, -0.05) is 30.3 Å². The molecule has 0 bridgehead atoms. The molecule has 1 atom stereocenters. The largest absolute Gasteiger partial charge is 0.271 e. The van der Waals surface area contributed by atoms with Crippen LogP contribution in [0.2, 0.25) is 0 Å². The van der Waals surface area contributed by atoms with Crippen LogP contribution >= 0.6 is 0 Å². The highest BCUT2D eigenvalue weighted by Crippen LogP contribution is 2.25. The summed E-state index contributed by atoms with van der Waals surface area (Å²) in [6, 6.07) is 20.1. The van der Waals surface area contributed by atoms with Crippen molar-refractivity contribution in [3.8, 4) is 12.1 Å². The van der Waals surface area contributed by atoms with Gasteiger partial charge < -0.3 is 0 Å². The number of para-hydroxylation sites is 1. The summed E-state index contributed by atoms with van der Waals surface area (Å²) in [5, 5.41) is 23.9. The molecule has 0 fully saturated rings. The van der Waals surface area contributed by atoms with Crippen LogP contribution in [0.15, 0.2) is 59.7 Å². The van der Waals surface area contributed by atoms with Crippen molar-refractivity contribution < 1.29 is 4.79 Å². The highest BCUT2D eigenvalue weighted by molar-refractivity contribution is 6.10. The predicted octanol–water partition coefficient (Wildman–Crippen LogP) is 2.84. The van der Waals surface area contributed by atoms with Crippen molar-refractivity contribution in [2.75, 3.05) is 5.01 Å². The fourth-order valence-corrected chi connectivity index (χ4v) is 2.41. The third kappa shape index (κ3) is 2.81. The Morgan fingerprint density at radius 2 is 1.74 bits per heavy atom. The third-order valence-corrected chi connectivity index (χ3v) is 3.63. The Kier molecular flexibility index (Phi) is 3.86. The van der Waals surface area contributed by atoms with E-state index >= 15 is 0 Å². The number of amides is 1. The van der Waals surface area contributed by atoms with Crippen LogP contribution in [-0.4, -0.2) is 11.6 Å². The Morgan fingerprint density at radius 3 is 2.35 bits per heavy atom. The molecule has 0 saturated carbocycles. The van der Waals surface area contributed by atoms with Gasteiger partial charge in [-0.3, -0.25) is 4.79 Å². The maximum Gasteiger partial charge on any atom is 0.265 e. The van der Waals surface area contributed by atoms with Gasteiger partial charge in [0, 0.05) is 6.42 Å². The van der Waals surface area contributed by atoms with Crippen molar-refractivity contribution in [1.82, 2.24) is 0 Å². The van der Waals surface area contributed by atoms with Gasteiger partial charge in [-0.15, -0.1) is 0 Å². The van der Waals surface area contributed by atoms with Crippen LogP contribution in [0.1, 0.15) is 17.5 Å². The van der Waals surface area contributed by atoms with E-state index < -0.39 is 5.92 Å². The van der Waals surface area contributed by atoms with Gasteiger partial charge >= 0.3 is 0 Å². The fourth-order valence-electron chi connectivity index (χ4n) is 2.41. The molecule has 1 heterocycles. The zero-order chi connectivity index (χ0) is 16.2. The Hall–Kier alpha value is -3.44. The fraction of sp³-hybridized carbons (Fsp3) is 0.111. The maximum absolute atomic E-state index is 12.4. The summed E-state index contributed by atoms with van der Waals surface area (Å²) in [5.74, 6) is -1.09. The number of carbonyl (C=O) groups is 1. The number of hydrogen-bond donors (Lipinski definition) is 0. The Bertz CT molecular complexity index is 841. The van der Waals surface area contributed by atoms with Crippen LogP contribution in [0.5, 0.6) is 0 Å². The van der Waals surface area contributed by atoms with Crippen LogP contribution in [0, 0.1) is 28.6 Å². The molecule has 0 spiro atoms. The number of rotatable bonds is 2. The number of hydrazone groups is 1. The van der Waals surface area contributed by atoms with Crippen molar-refractivity contribution >= 4 is 17.3 Å². The van der Waals surface area contributed by atoms with E-state index in [-0.39, 0.29) is 12.3 Å². The van der Waals surface area contributed by atoms with Crippen LogP contribution in [0.25, 0.3) is 0 Å². The lowest BCUT2D eigenvalue weighted by atomic mass is 9.95. The zero-order valence-corrected chi connectivity index (χ0v) is 12.2. The SMILES string of the molecule is N#Cc1ccc(C2=NN(c3ccccc3)C(=O)C(C#N)C2)cc1. The van der Waals surface area contributed by atoms with Crippen molar-refractivity contribution in [2.24, 2.45) is 11.0 Å². The monoisotopic (exact) mass is 300 g/mol. The summed E-state index contributed by atoms with van der Waals surface area (Å²) in [7, 11) is 0. The minimum absolute atomic E-state index is 0.268. The number of nitriles is 2. The van der Waals surface area contributed by atoms with Gasteiger partial charge in [0.25, 0.3) is 5.91 Å². The lowest BCUT2D eigenvalue weighted by molar-refractivity contribution is -0.121. The summed E-state index contributed by atoms with van der Waals surface area (Å²) in [6.45, 7) is 0. The predicted molar refractivity (Wildman–Crippen MR) is 85.3 cm³/mol. The normalized spacial score (nSPS) is 17.1. The van der Waals surface area contributed by atoms with E-state index in [4.69, 9.17) is 5.26 Å². The quantitative estimate of drug-likeness (QED) is 0.855. The second-order valence-corrected chi connectivity index (χ2v) is 5.11. The van der Waals surface area contributed by atoms with E-state index in [1.807, 2.05) is 18.2 Å². The molecule has 0 N–H and O–H groups in total. The minimum Gasteiger partial charge on any atom is -0.271 e. The average Bonchev–Trinajstić information content (AvgIpc) is 2.63. The van der Waals surface area contributed by atoms with E-state index in [0.29, 0.717) is 17.0 Å². The van der Waals surface area contributed by atoms with Gasteiger partial charge in [0.15, 0.2) is 0 Å². The molecule has 1 amide bonds. The molecule has 23 heavy (non-hydrogen) atoms. The minimum atomic E-state index is -0.765. The highest BCUT2D eigenvalue weighted by atomic mass is 16.2. The first-order chi connectivity index (χ1) is 11.2. The van der Waals surface area contributed by atoms with Gasteiger partial charge in [-0.2, -0.15) is 20.6 Å². The van der Waals surface area contributed by atoms with Crippen molar-refractivity contribution in [1.29, 1.82) is 10.5 Å². The Labute approximate surface area is 133 Å². The average molecular weight is 300 g/mol. The van der Waals surface area contributed by atoms with Gasteiger partial charge in [0.05, 0.1) is 29.1 Å². The lowest BCUT2D eigenvalue weighted by Gasteiger charge is -2.26. The first kappa shape index (κ1) is 14.5. The molecule has 5 heteroatoms. The molecule has 0 aliphatic carbocycles. The van der Waals surface area contributed by atoms with Crippen LogP contribution in [-0.2, 0) is 4.79 Å². The van der Waals surface area contributed by atoms with Crippen LogP contribution in [0.4, 0.5) is 5.69 Å². The molecule has 0 radical (unpaired) electrons. The molecule has 1 unspecified atom stereocenters. The standard InChI is InChI=1S/C18H12N4O/c19-11-13-6-8-14(9-7-13)17-10-15(12-20)18(23)22(21-17)16-4-2-1-3-5-16/h1-9,15H,10H2. The van der Waals surface area contributed by atoms with E-state index in [0.717, 1.165) is 5.56 Å². The summed E-state index contributed by atoms with van der Waals surface area (Å²) in [4.78, 5) is 12.4. The van der Waals surface area contributed by atoms with E-state index in [1.54, 1.807) is 36.4 Å². The molecular weight excluding hydrogens is 288 g/mol. The number of hydrogen-bond acceptors (Lipinski definition) is 4. The highest BCUT2D eigenvalue weighted by Gasteiger charge is 2.32. The van der Waals surface area contributed by atoms with Gasteiger partial charge in [-0.25, -0.2) is 0 Å². The second kappa shape index (κ2) is 6.13. The van der Waals surface area contributed by atoms with Crippen molar-refractivity contribution in [2.45, 2.75) is 6.42 Å². The summed E-state index contributed by atoms with van der Waals surface area (Å²) in [5.41, 5.74) is 2.64. The number of anilines is 1. The zero-order valence-electron chi connectivity index (χ0n) is 12.2. The number of benzene rings is 2. The smallest absolute Gasteiger partial charge is 0.265 e. The molecular formula is C18H12N4O. The second-order valence-electron chi connectivity index (χ2n) is 5.11. The molecule has 3 rings (SSSR count). The summed E-state index contributed by atoms with van der Waals surface area (Å²) < 4.78 is 0. The van der Waals surface area contributed by atoms with E-state index in [1.165, 1.54) is 5.01 Å². The third-order valence-electron chi connectivity index (χ3n) is 3.63. The summed E-state index contributed by atoms with van der Waals surface area (Å²) >= 11 is 0. The molecule has 0 saturated heterocycles. The van der Waals surface area contributed by atoms with Gasteiger partial charge in [0.1, 0.15) is 5.92 Å². The molecule has 5 nitrogen and oxygen atoms in total. The lowest BCUT2D eigenvalue weighted by Crippen LogP contribution is -2.38. The van der Waals surface area contributed by atoms with Gasteiger partial charge in [-0.05, 0) is 29.8 Å². The Balaban J connectivity index is 2.03. The van der Waals surface area contributed by atoms with E-state index in [2.05, 4.69) is 17.2 Å². The summed E-state index contributed by atoms with van der Waals surface area (Å²) in [6.07, 6.45) is 0.268. The maximum atomic E-state index is 12.4. The van der Waals surface area contributed by atoms with Crippen LogP contribution in [0.3, 0.4) is 0 Å². The molecule has 1 aliphatic heterocycles. The Morgan fingerprint density at radius 1 is 1.04 bits per heavy atom. The number of nitrogens with zero attached hydrogens (tertiary/aromatic N) is 4. The van der Waals surface area contributed by atoms with E-state index in [9.17, 15) is 10.1 Å². The first-order valence-electron chi connectivity index (χ1n) is 7.09. The molecule has 2 aromatic carbocycles. The molecule has 0 aromatic heterocycles. The van der Waals surface area contributed by atoms with Gasteiger partial charge in [0.2, 0.25) is 0 Å². The molecule has 1 aliphatic rings. The molecule has 2 aromatic rings. The molecule has 110 valence electrons. The first-order valence-corrected chi connectivity index (χ1v) is 7.09. The topological polar surface area (TPSA) is 80.2 Å². The van der Waals surface area contributed by atoms with Crippen molar-refractivity contribution in [3.63, 3.8) is 0 Å². The van der Waals surface area contributed by atoms with Crippen molar-refractivity contribution in [3.05, 3.63) is 65.7 Å². The van der Waals surface area contributed by atoms with Crippen LogP contribution < -0.4 is 5.01 Å².